The molecule has 0 aromatic carbocycles. The van der Waals surface area contributed by atoms with E-state index in [1.165, 1.54) is 4.90 Å². The number of amides is 2. The van der Waals surface area contributed by atoms with Gasteiger partial charge in [-0.05, 0) is 37.8 Å². The molecule has 2 atom stereocenters. The van der Waals surface area contributed by atoms with Crippen LogP contribution in [-0.2, 0) is 17.1 Å². The summed E-state index contributed by atoms with van der Waals surface area (Å²) in [5, 5.41) is 11.1. The molecule has 0 aliphatic carbocycles. The van der Waals surface area contributed by atoms with Gasteiger partial charge >= 0.3 is 12.4 Å². The molecule has 2 amide bonds. The average Bonchev–Trinajstić information content (AvgIpc) is 3.38. The zero-order chi connectivity index (χ0) is 29.3. The third kappa shape index (κ3) is 6.07. The van der Waals surface area contributed by atoms with E-state index in [0.717, 1.165) is 34.7 Å². The molecule has 0 saturated carbocycles. The highest BCUT2D eigenvalue weighted by molar-refractivity contribution is 7.10. The van der Waals surface area contributed by atoms with Crippen LogP contribution in [-0.4, -0.2) is 69.1 Å². The molecule has 1 N–H and O–H groups in total. The molecule has 2 saturated heterocycles. The van der Waals surface area contributed by atoms with Gasteiger partial charge in [0.05, 0.1) is 17.7 Å². The summed E-state index contributed by atoms with van der Waals surface area (Å²) >= 11 is 0.391. The number of nitrogens with zero attached hydrogens (tertiary/aromatic N) is 3. The number of hydrogen-bond donors (Lipinski definition) is 1. The Hall–Kier alpha value is -2.87. The lowest BCUT2D eigenvalue weighted by Gasteiger charge is -2.50. The normalized spacial score (nSPS) is 22.9. The van der Waals surface area contributed by atoms with Gasteiger partial charge in [0.2, 0.25) is 5.60 Å². The number of carbonyl (C=O) groups excluding carboxylic acids is 2. The van der Waals surface area contributed by atoms with Gasteiger partial charge in [0, 0.05) is 43.7 Å². The van der Waals surface area contributed by atoms with E-state index >= 15 is 0 Å². The van der Waals surface area contributed by atoms with Crippen LogP contribution in [0.15, 0.2) is 29.8 Å². The molecule has 2 unspecified atom stereocenters. The number of thiophene rings is 1. The van der Waals surface area contributed by atoms with Crippen LogP contribution < -0.4 is 4.74 Å². The molecule has 2 aliphatic rings. The van der Waals surface area contributed by atoms with Crippen molar-refractivity contribution >= 4 is 23.2 Å². The molecule has 0 bridgehead atoms. The van der Waals surface area contributed by atoms with E-state index < -0.39 is 58.0 Å². The summed E-state index contributed by atoms with van der Waals surface area (Å²) in [7, 11) is 0. The number of pyridine rings is 1. The van der Waals surface area contributed by atoms with E-state index in [4.69, 9.17) is 4.74 Å². The summed E-state index contributed by atoms with van der Waals surface area (Å²) in [6.07, 6.45) is -7.77. The number of carbonyl (C=O) groups is 2. The number of aliphatic hydroxyl groups excluding tert-OH is 1. The zero-order valence-electron chi connectivity index (χ0n) is 21.6. The molecule has 220 valence electrons. The first-order chi connectivity index (χ1) is 18.8. The van der Waals surface area contributed by atoms with E-state index in [9.17, 15) is 41.0 Å². The second-order valence-electron chi connectivity index (χ2n) is 9.96. The first kappa shape index (κ1) is 30.1. The van der Waals surface area contributed by atoms with Gasteiger partial charge in [-0.3, -0.25) is 14.6 Å². The molecule has 2 aliphatic heterocycles. The van der Waals surface area contributed by atoms with Crippen molar-refractivity contribution in [3.63, 3.8) is 0 Å². The van der Waals surface area contributed by atoms with E-state index in [1.807, 2.05) is 0 Å². The van der Waals surface area contributed by atoms with Gasteiger partial charge in [0.15, 0.2) is 0 Å². The van der Waals surface area contributed by atoms with E-state index in [1.54, 1.807) is 6.92 Å². The van der Waals surface area contributed by atoms with Gasteiger partial charge in [0.1, 0.15) is 16.3 Å². The number of piperidine rings is 2. The second-order valence-corrected chi connectivity index (χ2v) is 10.9. The molecule has 40 heavy (non-hydrogen) atoms. The lowest BCUT2D eigenvalue weighted by Crippen LogP contribution is -2.68. The minimum Gasteiger partial charge on any atom is -0.474 e. The molecule has 2 aromatic rings. The number of aliphatic hydroxyl groups is 1. The minimum absolute atomic E-state index is 0.00587. The number of rotatable bonds is 6. The number of halogens is 6. The Morgan fingerprint density at radius 1 is 1.15 bits per heavy atom. The smallest absolute Gasteiger partial charge is 0.425 e. The minimum atomic E-state index is -4.86. The van der Waals surface area contributed by atoms with Gasteiger partial charge in [-0.1, -0.05) is 13.3 Å². The fraction of sp³-hybridized carbons (Fsp3) is 0.577. The summed E-state index contributed by atoms with van der Waals surface area (Å²) in [6.45, 7) is 2.09. The molecule has 4 rings (SSSR count). The molecule has 4 heterocycles. The number of likely N-dealkylation sites (tertiary alicyclic amines) is 2. The second kappa shape index (κ2) is 11.6. The first-order valence-electron chi connectivity index (χ1n) is 12.9. The highest BCUT2D eigenvalue weighted by Gasteiger charge is 2.56. The summed E-state index contributed by atoms with van der Waals surface area (Å²) in [4.78, 5) is 33.2. The molecular formula is C26H29F6N3O4S. The van der Waals surface area contributed by atoms with Crippen molar-refractivity contribution in [1.82, 2.24) is 14.8 Å². The first-order valence-corrected chi connectivity index (χ1v) is 13.8. The zero-order valence-corrected chi connectivity index (χ0v) is 22.4. The van der Waals surface area contributed by atoms with E-state index in [2.05, 4.69) is 4.98 Å². The summed E-state index contributed by atoms with van der Waals surface area (Å²) in [6, 6.07) is 1.51. The standard InChI is InChI=1S/C26H29F6N3O4S/c1-2-5-19-24(23(38)34-12-7-16(36)8-13-34,39-17-14-20(40-15-17)26(30,31)32)9-4-11-35(19)22(37)21-18(25(27,28)29)6-3-10-33-21/h3,6,10,14-16,19,36H,2,4-5,7-9,11-13H2,1H3. The quantitative estimate of drug-likeness (QED) is 0.455. The number of aromatic nitrogens is 1. The lowest BCUT2D eigenvalue weighted by molar-refractivity contribution is -0.161. The molecule has 2 fully saturated rings. The summed E-state index contributed by atoms with van der Waals surface area (Å²) < 4.78 is 87.5. The van der Waals surface area contributed by atoms with Crippen LogP contribution in [0.5, 0.6) is 5.75 Å². The molecular weight excluding hydrogens is 564 g/mol. The Bertz CT molecular complexity index is 1210. The molecule has 2 aromatic heterocycles. The van der Waals surface area contributed by atoms with Crippen molar-refractivity contribution in [3.05, 3.63) is 45.9 Å². The maximum Gasteiger partial charge on any atom is 0.425 e. The van der Waals surface area contributed by atoms with Crippen molar-refractivity contribution in [2.24, 2.45) is 0 Å². The predicted molar refractivity (Wildman–Crippen MR) is 133 cm³/mol. The van der Waals surface area contributed by atoms with Crippen LogP contribution in [0.4, 0.5) is 26.3 Å². The Morgan fingerprint density at radius 2 is 1.85 bits per heavy atom. The Balaban J connectivity index is 1.79. The molecule has 14 heteroatoms. The van der Waals surface area contributed by atoms with Crippen LogP contribution >= 0.6 is 11.3 Å². The Labute approximate surface area is 230 Å². The topological polar surface area (TPSA) is 83.0 Å². The van der Waals surface area contributed by atoms with Crippen molar-refractivity contribution < 1.29 is 45.8 Å². The monoisotopic (exact) mass is 593 g/mol. The Kier molecular flexibility index (Phi) is 8.69. The molecule has 0 radical (unpaired) electrons. The number of alkyl halides is 6. The van der Waals surface area contributed by atoms with Crippen molar-refractivity contribution in [2.75, 3.05) is 19.6 Å². The van der Waals surface area contributed by atoms with Gasteiger partial charge in [-0.2, -0.15) is 26.3 Å². The molecule has 7 nitrogen and oxygen atoms in total. The average molecular weight is 594 g/mol. The SMILES string of the molecule is CCCC1N(C(=O)c2ncccc2C(F)(F)F)CCCC1(Oc1csc(C(F)(F)F)c1)C(=O)N1CCC(O)CC1. The highest BCUT2D eigenvalue weighted by atomic mass is 32.1. The maximum absolute atomic E-state index is 14.2. The molecule has 0 spiro atoms. The van der Waals surface area contributed by atoms with Crippen LogP contribution in [0.3, 0.4) is 0 Å². The lowest BCUT2D eigenvalue weighted by atomic mass is 9.79. The van der Waals surface area contributed by atoms with Crippen LogP contribution in [0, 0.1) is 0 Å². The van der Waals surface area contributed by atoms with Crippen molar-refractivity contribution in [3.8, 4) is 5.75 Å². The van der Waals surface area contributed by atoms with Gasteiger partial charge in [0.25, 0.3) is 11.8 Å². The highest BCUT2D eigenvalue weighted by Crippen LogP contribution is 2.42. The predicted octanol–water partition coefficient (Wildman–Crippen LogP) is 5.39. The van der Waals surface area contributed by atoms with Gasteiger partial charge < -0.3 is 19.6 Å². The van der Waals surface area contributed by atoms with Gasteiger partial charge in [-0.15, -0.1) is 11.3 Å². The largest absolute Gasteiger partial charge is 0.474 e. The van der Waals surface area contributed by atoms with E-state index in [0.29, 0.717) is 17.8 Å². The fourth-order valence-corrected chi connectivity index (χ4v) is 6.09. The Morgan fingerprint density at radius 3 is 2.45 bits per heavy atom. The van der Waals surface area contributed by atoms with Crippen LogP contribution in [0.2, 0.25) is 0 Å². The summed E-state index contributed by atoms with van der Waals surface area (Å²) in [5.41, 5.74) is -3.91. The van der Waals surface area contributed by atoms with Crippen LogP contribution in [0.25, 0.3) is 0 Å². The maximum atomic E-state index is 14.2. The third-order valence-electron chi connectivity index (χ3n) is 7.27. The van der Waals surface area contributed by atoms with Gasteiger partial charge in [-0.25, -0.2) is 0 Å². The van der Waals surface area contributed by atoms with Crippen LogP contribution in [0.1, 0.15) is 66.4 Å². The third-order valence-corrected chi connectivity index (χ3v) is 8.22. The number of hydrogen-bond acceptors (Lipinski definition) is 6. The number of ether oxygens (including phenoxy) is 1. The van der Waals surface area contributed by atoms with Crippen molar-refractivity contribution in [1.29, 1.82) is 0 Å². The fourth-order valence-electron chi connectivity index (χ4n) is 5.41. The van der Waals surface area contributed by atoms with Crippen molar-refractivity contribution in [2.45, 2.75) is 75.5 Å². The summed E-state index contributed by atoms with van der Waals surface area (Å²) in [5.74, 6) is -1.83. The van der Waals surface area contributed by atoms with E-state index in [-0.39, 0.29) is 57.5 Å².